The molecule has 0 atom stereocenters. The number of terminal acetylenes is 1. The molecule has 1 N–H and O–H groups in total. The Morgan fingerprint density at radius 3 is 2.81 bits per heavy atom. The van der Waals surface area contributed by atoms with Crippen molar-refractivity contribution in [3.8, 4) is 12.3 Å². The highest BCUT2D eigenvalue weighted by molar-refractivity contribution is 5.81. The van der Waals surface area contributed by atoms with Gasteiger partial charge in [-0.05, 0) is 12.1 Å². The lowest BCUT2D eigenvalue weighted by atomic mass is 10.4. The minimum atomic E-state index is -1.18. The topological polar surface area (TPSA) is 96.9 Å². The Balaban J connectivity index is 2.24. The smallest absolute Gasteiger partial charge is 0.350 e. The van der Waals surface area contributed by atoms with Crippen LogP contribution in [0.4, 0.5) is 0 Å². The molecule has 0 spiro atoms. The lowest BCUT2D eigenvalue weighted by Gasteiger charge is -2.17. The summed E-state index contributed by atoms with van der Waals surface area (Å²) in [6.07, 6.45) is 6.63. The van der Waals surface area contributed by atoms with Crippen LogP contribution < -0.4 is 5.69 Å². The molecular formula is C13H12N4O4. The molecule has 0 fully saturated rings. The van der Waals surface area contributed by atoms with Gasteiger partial charge in [-0.25, -0.2) is 9.48 Å². The molecule has 0 aliphatic heterocycles. The average molecular weight is 288 g/mol. The summed E-state index contributed by atoms with van der Waals surface area (Å²) in [6, 6.07) is 5.00. The van der Waals surface area contributed by atoms with Crippen LogP contribution in [0.15, 0.2) is 29.2 Å². The number of rotatable bonds is 5. The standard InChI is InChI=1S/C13H12N4O4/c1-2-6-15(9-12(19)20)11(18)8-17-13(21)16-7-4-3-5-10(16)14-17/h1,3-5,7H,6,8-9H2,(H,19,20). The molecule has 0 radical (unpaired) electrons. The predicted octanol–water partition coefficient (Wildman–Crippen LogP) is -0.958. The first-order valence-corrected chi connectivity index (χ1v) is 6.00. The SMILES string of the molecule is C#CCN(CC(=O)O)C(=O)Cn1nc2ccccn2c1=O. The van der Waals surface area contributed by atoms with Crippen LogP contribution >= 0.6 is 0 Å². The number of aliphatic carboxylic acids is 1. The quantitative estimate of drug-likeness (QED) is 0.715. The van der Waals surface area contributed by atoms with Gasteiger partial charge < -0.3 is 10.0 Å². The fraction of sp³-hybridized carbons (Fsp3) is 0.231. The molecule has 0 aliphatic carbocycles. The summed E-state index contributed by atoms with van der Waals surface area (Å²) >= 11 is 0. The fourth-order valence-corrected chi connectivity index (χ4v) is 1.80. The van der Waals surface area contributed by atoms with E-state index in [1.807, 2.05) is 0 Å². The molecule has 0 saturated heterocycles. The summed E-state index contributed by atoms with van der Waals surface area (Å²) in [7, 11) is 0. The number of hydrogen-bond acceptors (Lipinski definition) is 4. The second kappa shape index (κ2) is 5.92. The molecule has 0 saturated carbocycles. The number of carboxylic acids is 1. The van der Waals surface area contributed by atoms with Crippen LogP contribution in [0.2, 0.25) is 0 Å². The number of nitrogens with zero attached hydrogens (tertiary/aromatic N) is 4. The maximum atomic E-state index is 12.0. The molecule has 2 rings (SSSR count). The van der Waals surface area contributed by atoms with Gasteiger partial charge in [0.05, 0.1) is 6.54 Å². The molecule has 1 amide bonds. The summed E-state index contributed by atoms with van der Waals surface area (Å²) in [5.41, 5.74) is -0.0769. The third-order valence-electron chi connectivity index (χ3n) is 2.73. The number of pyridine rings is 1. The largest absolute Gasteiger partial charge is 0.480 e. The Labute approximate surface area is 119 Å². The van der Waals surface area contributed by atoms with Crippen molar-refractivity contribution in [1.29, 1.82) is 0 Å². The van der Waals surface area contributed by atoms with Crippen molar-refractivity contribution in [3.63, 3.8) is 0 Å². The van der Waals surface area contributed by atoms with Crippen LogP contribution in [-0.4, -0.2) is 49.2 Å². The Morgan fingerprint density at radius 1 is 1.43 bits per heavy atom. The summed E-state index contributed by atoms with van der Waals surface area (Å²) < 4.78 is 2.26. The van der Waals surface area contributed by atoms with Gasteiger partial charge in [-0.3, -0.25) is 14.0 Å². The number of fused-ring (bicyclic) bond motifs is 1. The Kier molecular flexibility index (Phi) is 4.04. The molecule has 2 aromatic heterocycles. The van der Waals surface area contributed by atoms with E-state index in [9.17, 15) is 14.4 Å². The number of amides is 1. The molecular weight excluding hydrogens is 276 g/mol. The van der Waals surface area contributed by atoms with E-state index in [4.69, 9.17) is 11.5 Å². The maximum absolute atomic E-state index is 12.0. The highest BCUT2D eigenvalue weighted by atomic mass is 16.4. The Hall–Kier alpha value is -3.08. The van der Waals surface area contributed by atoms with Crippen LogP contribution in [0.3, 0.4) is 0 Å². The minimum Gasteiger partial charge on any atom is -0.480 e. The lowest BCUT2D eigenvalue weighted by Crippen LogP contribution is -2.40. The highest BCUT2D eigenvalue weighted by Gasteiger charge is 2.18. The molecule has 108 valence electrons. The molecule has 0 bridgehead atoms. The Morgan fingerprint density at radius 2 is 2.19 bits per heavy atom. The second-order valence-electron chi connectivity index (χ2n) is 4.22. The first-order chi connectivity index (χ1) is 10.0. The molecule has 2 aromatic rings. The van der Waals surface area contributed by atoms with Crippen molar-refractivity contribution < 1.29 is 14.7 Å². The first kappa shape index (κ1) is 14.3. The van der Waals surface area contributed by atoms with E-state index in [2.05, 4.69) is 11.0 Å². The van der Waals surface area contributed by atoms with Crippen molar-refractivity contribution in [1.82, 2.24) is 19.1 Å². The van der Waals surface area contributed by atoms with Crippen molar-refractivity contribution >= 4 is 17.5 Å². The summed E-state index contributed by atoms with van der Waals surface area (Å²) in [5.74, 6) is 0.448. The molecule has 8 heteroatoms. The van der Waals surface area contributed by atoms with Gasteiger partial charge in [-0.15, -0.1) is 11.5 Å². The second-order valence-corrected chi connectivity index (χ2v) is 4.22. The first-order valence-electron chi connectivity index (χ1n) is 6.00. The minimum absolute atomic E-state index is 0.146. The average Bonchev–Trinajstić information content (AvgIpc) is 2.75. The van der Waals surface area contributed by atoms with Crippen LogP contribution in [0.1, 0.15) is 0 Å². The van der Waals surface area contributed by atoms with E-state index in [-0.39, 0.29) is 13.1 Å². The van der Waals surface area contributed by atoms with Crippen molar-refractivity contribution in [2.75, 3.05) is 13.1 Å². The van der Waals surface area contributed by atoms with E-state index in [1.165, 1.54) is 10.6 Å². The molecule has 0 unspecified atom stereocenters. The summed E-state index contributed by atoms with van der Waals surface area (Å²) in [4.78, 5) is 35.7. The van der Waals surface area contributed by atoms with Gasteiger partial charge in [0.15, 0.2) is 5.65 Å². The monoisotopic (exact) mass is 288 g/mol. The van der Waals surface area contributed by atoms with Crippen LogP contribution in [0.5, 0.6) is 0 Å². The van der Waals surface area contributed by atoms with Crippen molar-refractivity contribution in [3.05, 3.63) is 34.9 Å². The third kappa shape index (κ3) is 3.09. The molecule has 21 heavy (non-hydrogen) atoms. The van der Waals surface area contributed by atoms with Gasteiger partial charge >= 0.3 is 11.7 Å². The molecule has 0 aliphatic rings. The van der Waals surface area contributed by atoms with Crippen LogP contribution in [-0.2, 0) is 16.1 Å². The zero-order valence-corrected chi connectivity index (χ0v) is 11.0. The van der Waals surface area contributed by atoms with Crippen LogP contribution in [0.25, 0.3) is 5.65 Å². The normalized spacial score (nSPS) is 10.2. The van der Waals surface area contributed by atoms with Gasteiger partial charge in [0.1, 0.15) is 13.1 Å². The van der Waals surface area contributed by atoms with E-state index in [0.29, 0.717) is 5.65 Å². The Bertz CT molecular complexity index is 783. The van der Waals surface area contributed by atoms with Gasteiger partial charge in [0.2, 0.25) is 5.91 Å². The van der Waals surface area contributed by atoms with Crippen molar-refractivity contribution in [2.24, 2.45) is 0 Å². The fourth-order valence-electron chi connectivity index (χ4n) is 1.80. The molecule has 8 nitrogen and oxygen atoms in total. The number of carbonyl (C=O) groups is 2. The lowest BCUT2D eigenvalue weighted by molar-refractivity contribution is -0.144. The number of carbonyl (C=O) groups excluding carboxylic acids is 1. The summed E-state index contributed by atoms with van der Waals surface area (Å²) in [6.45, 7) is -1.03. The number of carboxylic acid groups (broad SMARTS) is 1. The van der Waals surface area contributed by atoms with Gasteiger partial charge in [-0.1, -0.05) is 12.0 Å². The van der Waals surface area contributed by atoms with Gasteiger partial charge in [0, 0.05) is 6.20 Å². The molecule has 0 aromatic carbocycles. The van der Waals surface area contributed by atoms with Crippen molar-refractivity contribution in [2.45, 2.75) is 6.54 Å². The number of hydrogen-bond donors (Lipinski definition) is 1. The highest BCUT2D eigenvalue weighted by Crippen LogP contribution is 1.97. The zero-order chi connectivity index (χ0) is 15.4. The van der Waals surface area contributed by atoms with E-state index in [0.717, 1.165) is 9.58 Å². The number of aromatic nitrogens is 3. The van der Waals surface area contributed by atoms with E-state index >= 15 is 0 Å². The van der Waals surface area contributed by atoms with E-state index in [1.54, 1.807) is 18.2 Å². The van der Waals surface area contributed by atoms with Gasteiger partial charge in [-0.2, -0.15) is 0 Å². The maximum Gasteiger partial charge on any atom is 0.350 e. The molecule has 2 heterocycles. The third-order valence-corrected chi connectivity index (χ3v) is 2.73. The van der Waals surface area contributed by atoms with E-state index < -0.39 is 24.1 Å². The zero-order valence-electron chi connectivity index (χ0n) is 11.0. The van der Waals surface area contributed by atoms with Gasteiger partial charge in [0.25, 0.3) is 0 Å². The summed E-state index contributed by atoms with van der Waals surface area (Å²) in [5, 5.41) is 12.7. The predicted molar refractivity (Wildman–Crippen MR) is 72.5 cm³/mol. The van der Waals surface area contributed by atoms with Crippen LogP contribution in [0, 0.1) is 12.3 Å².